The Balaban J connectivity index is 1.33. The monoisotopic (exact) mass is 476 g/mol. The van der Waals surface area contributed by atoms with Crippen molar-refractivity contribution in [2.24, 2.45) is 0 Å². The number of aryl methyl sites for hydroxylation is 4. The van der Waals surface area contributed by atoms with E-state index in [2.05, 4.69) is 24.0 Å². The molecule has 5 nitrogen and oxygen atoms in total. The summed E-state index contributed by atoms with van der Waals surface area (Å²) in [6, 6.07) is 10.3. The Morgan fingerprint density at radius 1 is 0.971 bits per heavy atom. The van der Waals surface area contributed by atoms with E-state index in [-0.39, 0.29) is 5.91 Å². The van der Waals surface area contributed by atoms with Gasteiger partial charge in [-0.05, 0) is 49.7 Å². The first kappa shape index (κ1) is 23.3. The summed E-state index contributed by atoms with van der Waals surface area (Å²) in [6.07, 6.45) is 10.8. The van der Waals surface area contributed by atoms with Crippen LogP contribution < -0.4 is 4.90 Å². The van der Waals surface area contributed by atoms with Crippen LogP contribution in [0.2, 0.25) is 0 Å². The molecule has 0 N–H and O–H groups in total. The minimum Gasteiger partial charge on any atom is -0.352 e. The van der Waals surface area contributed by atoms with Crippen LogP contribution in [-0.4, -0.2) is 47.0 Å². The maximum Gasteiger partial charge on any atom is 0.223 e. The Hall–Kier alpha value is -2.47. The zero-order valence-electron chi connectivity index (χ0n) is 20.4. The minimum atomic E-state index is 0.268. The average Bonchev–Trinajstić information content (AvgIpc) is 3.06. The van der Waals surface area contributed by atoms with Gasteiger partial charge in [0.25, 0.3) is 0 Å². The van der Waals surface area contributed by atoms with Crippen molar-refractivity contribution in [3.8, 4) is 0 Å². The van der Waals surface area contributed by atoms with E-state index in [4.69, 9.17) is 9.97 Å². The normalized spacial score (nSPS) is 16.5. The molecule has 0 saturated carbocycles. The zero-order valence-corrected chi connectivity index (χ0v) is 21.2. The van der Waals surface area contributed by atoms with Gasteiger partial charge in [-0.2, -0.15) is 0 Å². The Morgan fingerprint density at radius 3 is 2.56 bits per heavy atom. The van der Waals surface area contributed by atoms with Gasteiger partial charge in [0.2, 0.25) is 5.91 Å². The second kappa shape index (κ2) is 10.9. The molecule has 2 aromatic heterocycles. The first-order valence-electron chi connectivity index (χ1n) is 13.1. The molecule has 1 amide bonds. The third kappa shape index (κ3) is 5.12. The smallest absolute Gasteiger partial charge is 0.223 e. The molecule has 34 heavy (non-hydrogen) atoms. The van der Waals surface area contributed by atoms with Gasteiger partial charge in [0.1, 0.15) is 16.5 Å². The highest BCUT2D eigenvalue weighted by Crippen LogP contribution is 2.39. The highest BCUT2D eigenvalue weighted by atomic mass is 32.1. The Morgan fingerprint density at radius 2 is 1.76 bits per heavy atom. The number of fused-ring (bicyclic) bond motifs is 3. The number of aromatic nitrogens is 2. The number of rotatable bonds is 7. The van der Waals surface area contributed by atoms with E-state index < -0.39 is 0 Å². The molecule has 1 aromatic carbocycles. The molecular weight excluding hydrogens is 440 g/mol. The van der Waals surface area contributed by atoms with Gasteiger partial charge in [0, 0.05) is 43.9 Å². The van der Waals surface area contributed by atoms with Crippen molar-refractivity contribution in [2.75, 3.05) is 31.1 Å². The molecule has 0 atom stereocenters. The highest BCUT2D eigenvalue weighted by Gasteiger charge is 2.27. The van der Waals surface area contributed by atoms with E-state index >= 15 is 0 Å². The summed E-state index contributed by atoms with van der Waals surface area (Å²) in [5, 5.41) is 1.31. The van der Waals surface area contributed by atoms with Gasteiger partial charge in [-0.1, -0.05) is 50.1 Å². The number of hydrogen-bond acceptors (Lipinski definition) is 5. The molecule has 1 aliphatic carbocycles. The van der Waals surface area contributed by atoms with Crippen molar-refractivity contribution in [3.05, 3.63) is 52.2 Å². The van der Waals surface area contributed by atoms with Crippen LogP contribution in [0.4, 0.5) is 5.82 Å². The van der Waals surface area contributed by atoms with Crippen molar-refractivity contribution in [3.63, 3.8) is 0 Å². The molecule has 0 bridgehead atoms. The number of anilines is 1. The molecule has 1 aliphatic heterocycles. The van der Waals surface area contributed by atoms with Crippen LogP contribution in [0.3, 0.4) is 0 Å². The SMILES string of the molecule is CCCCc1nc(N2CCN(C(=O)CCc3ccccc3)CC2)c2c3c(sc2n1)CCCCC3. The van der Waals surface area contributed by atoms with Crippen LogP contribution in [-0.2, 0) is 30.5 Å². The van der Waals surface area contributed by atoms with E-state index in [0.717, 1.165) is 69.9 Å². The number of carbonyl (C=O) groups excluding carboxylic acids is 1. The van der Waals surface area contributed by atoms with Gasteiger partial charge in [-0.3, -0.25) is 4.79 Å². The van der Waals surface area contributed by atoms with Crippen LogP contribution >= 0.6 is 11.3 Å². The fourth-order valence-electron chi connectivity index (χ4n) is 5.26. The number of benzene rings is 1. The second-order valence-corrected chi connectivity index (χ2v) is 10.7. The molecular formula is C28H36N4OS. The number of amides is 1. The number of thiophene rings is 1. The molecule has 180 valence electrons. The number of carbonyl (C=O) groups is 1. The lowest BCUT2D eigenvalue weighted by molar-refractivity contribution is -0.131. The second-order valence-electron chi connectivity index (χ2n) is 9.67. The van der Waals surface area contributed by atoms with Crippen LogP contribution in [0.1, 0.15) is 67.3 Å². The van der Waals surface area contributed by atoms with Crippen LogP contribution in [0.5, 0.6) is 0 Å². The topological polar surface area (TPSA) is 49.3 Å². The maximum absolute atomic E-state index is 12.9. The highest BCUT2D eigenvalue weighted by molar-refractivity contribution is 7.19. The van der Waals surface area contributed by atoms with E-state index in [1.807, 2.05) is 34.4 Å². The molecule has 1 saturated heterocycles. The van der Waals surface area contributed by atoms with E-state index in [1.54, 1.807) is 0 Å². The average molecular weight is 477 g/mol. The number of unbranched alkanes of at least 4 members (excludes halogenated alkanes) is 1. The molecule has 3 aromatic rings. The molecule has 3 heterocycles. The first-order valence-corrected chi connectivity index (χ1v) is 13.9. The van der Waals surface area contributed by atoms with Gasteiger partial charge >= 0.3 is 0 Å². The van der Waals surface area contributed by atoms with Gasteiger partial charge < -0.3 is 9.80 Å². The summed E-state index contributed by atoms with van der Waals surface area (Å²) in [4.78, 5) is 30.2. The molecule has 0 unspecified atom stereocenters. The molecule has 2 aliphatic rings. The summed E-state index contributed by atoms with van der Waals surface area (Å²) in [6.45, 7) is 5.47. The van der Waals surface area contributed by atoms with Gasteiger partial charge in [-0.15, -0.1) is 11.3 Å². The first-order chi connectivity index (χ1) is 16.7. The van der Waals surface area contributed by atoms with Crippen molar-refractivity contribution in [1.82, 2.24) is 14.9 Å². The van der Waals surface area contributed by atoms with Crippen LogP contribution in [0.15, 0.2) is 30.3 Å². The fraction of sp³-hybridized carbons (Fsp3) is 0.536. The third-order valence-corrected chi connectivity index (χ3v) is 8.43. The van der Waals surface area contributed by atoms with Gasteiger partial charge in [0.15, 0.2) is 0 Å². The van der Waals surface area contributed by atoms with E-state index in [9.17, 15) is 4.79 Å². The molecule has 1 fully saturated rings. The summed E-state index contributed by atoms with van der Waals surface area (Å²) in [7, 11) is 0. The largest absolute Gasteiger partial charge is 0.352 e. The molecule has 0 radical (unpaired) electrons. The van der Waals surface area contributed by atoms with Gasteiger partial charge in [-0.25, -0.2) is 9.97 Å². The molecule has 0 spiro atoms. The van der Waals surface area contributed by atoms with Crippen molar-refractivity contribution in [2.45, 2.75) is 71.1 Å². The summed E-state index contributed by atoms with van der Waals surface area (Å²) < 4.78 is 0. The van der Waals surface area contributed by atoms with Crippen LogP contribution in [0.25, 0.3) is 10.2 Å². The van der Waals surface area contributed by atoms with Gasteiger partial charge in [0.05, 0.1) is 5.39 Å². The zero-order chi connectivity index (χ0) is 23.3. The van der Waals surface area contributed by atoms with E-state index in [0.29, 0.717) is 6.42 Å². The Labute approximate surface area is 207 Å². The molecule has 5 rings (SSSR count). The number of piperazine rings is 1. The lowest BCUT2D eigenvalue weighted by Gasteiger charge is -2.36. The summed E-state index contributed by atoms with van der Waals surface area (Å²) in [5.74, 6) is 2.39. The standard InChI is InChI=1S/C28H36N4OS/c1-2-3-14-24-29-27(26-22-12-8-5-9-13-23(22)34-28(26)30-24)32-19-17-31(18-20-32)25(33)16-15-21-10-6-4-7-11-21/h4,6-7,10-11H,2-3,5,8-9,12-20H2,1H3. The van der Waals surface area contributed by atoms with Crippen LogP contribution in [0, 0.1) is 0 Å². The summed E-state index contributed by atoms with van der Waals surface area (Å²) in [5.41, 5.74) is 2.74. The number of hydrogen-bond donors (Lipinski definition) is 0. The number of nitrogens with zero attached hydrogens (tertiary/aromatic N) is 4. The predicted molar refractivity (Wildman–Crippen MR) is 141 cm³/mol. The quantitative estimate of drug-likeness (QED) is 0.418. The Kier molecular flexibility index (Phi) is 7.43. The van der Waals surface area contributed by atoms with Crippen molar-refractivity contribution in [1.29, 1.82) is 0 Å². The fourth-order valence-corrected chi connectivity index (χ4v) is 6.53. The predicted octanol–water partition coefficient (Wildman–Crippen LogP) is 5.58. The molecule has 6 heteroatoms. The Bertz CT molecular complexity index is 1120. The third-order valence-electron chi connectivity index (χ3n) is 7.25. The minimum absolute atomic E-state index is 0.268. The van der Waals surface area contributed by atoms with Crippen molar-refractivity contribution < 1.29 is 4.79 Å². The lowest BCUT2D eigenvalue weighted by Crippen LogP contribution is -2.49. The lowest BCUT2D eigenvalue weighted by atomic mass is 10.1. The summed E-state index contributed by atoms with van der Waals surface area (Å²) >= 11 is 1.91. The van der Waals surface area contributed by atoms with E-state index in [1.165, 1.54) is 51.9 Å². The van der Waals surface area contributed by atoms with Crippen molar-refractivity contribution >= 4 is 33.3 Å². The maximum atomic E-state index is 12.9.